The van der Waals surface area contributed by atoms with Crippen molar-refractivity contribution in [2.24, 2.45) is 0 Å². The van der Waals surface area contributed by atoms with Gasteiger partial charge < -0.3 is 15.0 Å². The molecule has 0 amide bonds. The van der Waals surface area contributed by atoms with Crippen molar-refractivity contribution >= 4 is 17.3 Å². The number of methoxy groups -OCH3 is 1. The second-order valence-corrected chi connectivity index (χ2v) is 4.83. The Morgan fingerprint density at radius 2 is 2.10 bits per heavy atom. The smallest absolute Gasteiger partial charge is 0.339 e. The van der Waals surface area contributed by atoms with Crippen LogP contribution in [-0.2, 0) is 11.3 Å². The molecule has 0 atom stereocenters. The van der Waals surface area contributed by atoms with Gasteiger partial charge in [0.25, 0.3) is 0 Å². The number of aromatic nitrogens is 1. The summed E-state index contributed by atoms with van der Waals surface area (Å²) >= 11 is 0. The minimum atomic E-state index is -0.374. The van der Waals surface area contributed by atoms with Crippen LogP contribution in [0.1, 0.15) is 16.1 Å². The van der Waals surface area contributed by atoms with Gasteiger partial charge in [-0.15, -0.1) is 0 Å². The minimum absolute atomic E-state index is 0.374. The number of anilines is 2. The van der Waals surface area contributed by atoms with Crippen molar-refractivity contribution < 1.29 is 9.53 Å². The molecule has 0 spiro atoms. The largest absolute Gasteiger partial charge is 0.465 e. The number of carbonyl (C=O) groups is 1. The third-order valence-electron chi connectivity index (χ3n) is 3.08. The molecule has 0 bridgehead atoms. The number of pyridine rings is 1. The third kappa shape index (κ3) is 3.95. The first-order valence-electron chi connectivity index (χ1n) is 6.64. The molecule has 110 valence electrons. The average molecular weight is 285 g/mol. The molecule has 5 nitrogen and oxygen atoms in total. The van der Waals surface area contributed by atoms with Gasteiger partial charge in [0.2, 0.25) is 0 Å². The number of ether oxygens (including phenoxy) is 1. The summed E-state index contributed by atoms with van der Waals surface area (Å²) in [5.41, 5.74) is 3.47. The lowest BCUT2D eigenvalue weighted by molar-refractivity contribution is 0.0600. The second kappa shape index (κ2) is 6.74. The molecule has 1 aromatic heterocycles. The van der Waals surface area contributed by atoms with Gasteiger partial charge in [0.1, 0.15) is 0 Å². The van der Waals surface area contributed by atoms with E-state index in [0.29, 0.717) is 12.1 Å². The van der Waals surface area contributed by atoms with Crippen LogP contribution in [0.3, 0.4) is 0 Å². The van der Waals surface area contributed by atoms with Gasteiger partial charge in [-0.05, 0) is 30.3 Å². The normalized spacial score (nSPS) is 10.0. The first-order chi connectivity index (χ1) is 10.1. The lowest BCUT2D eigenvalue weighted by Gasteiger charge is -2.14. The topological polar surface area (TPSA) is 54.5 Å². The summed E-state index contributed by atoms with van der Waals surface area (Å²) < 4.78 is 4.64. The highest BCUT2D eigenvalue weighted by Gasteiger charge is 2.05. The second-order valence-electron chi connectivity index (χ2n) is 4.83. The van der Waals surface area contributed by atoms with Crippen molar-refractivity contribution in [3.8, 4) is 0 Å². The summed E-state index contributed by atoms with van der Waals surface area (Å²) in [4.78, 5) is 17.6. The molecule has 1 heterocycles. The van der Waals surface area contributed by atoms with Crippen LogP contribution in [0.5, 0.6) is 0 Å². The van der Waals surface area contributed by atoms with E-state index in [2.05, 4.69) is 32.1 Å². The van der Waals surface area contributed by atoms with Crippen LogP contribution in [0.2, 0.25) is 0 Å². The van der Waals surface area contributed by atoms with Gasteiger partial charge in [0.05, 0.1) is 24.9 Å². The standard InChI is InChI=1S/C16H19N3O2/c1-19(2)15-6-4-5-13(9-15)18-11-14-8-7-12(10-17-14)16(20)21-3/h4-10,18H,11H2,1-3H3. The number of nitrogens with one attached hydrogen (secondary N) is 1. The van der Waals surface area contributed by atoms with Crippen molar-refractivity contribution in [3.63, 3.8) is 0 Å². The SMILES string of the molecule is COC(=O)c1ccc(CNc2cccc(N(C)C)c2)nc1. The van der Waals surface area contributed by atoms with Gasteiger partial charge in [-0.25, -0.2) is 4.79 Å². The lowest BCUT2D eigenvalue weighted by Crippen LogP contribution is -2.09. The summed E-state index contributed by atoms with van der Waals surface area (Å²) in [6, 6.07) is 11.7. The maximum Gasteiger partial charge on any atom is 0.339 e. The van der Waals surface area contributed by atoms with Gasteiger partial charge in [-0.1, -0.05) is 6.07 Å². The quantitative estimate of drug-likeness (QED) is 0.856. The molecule has 0 saturated heterocycles. The zero-order valence-corrected chi connectivity index (χ0v) is 12.5. The third-order valence-corrected chi connectivity index (χ3v) is 3.08. The van der Waals surface area contributed by atoms with Crippen LogP contribution in [0, 0.1) is 0 Å². The van der Waals surface area contributed by atoms with Gasteiger partial charge in [-0.3, -0.25) is 4.98 Å². The molecule has 21 heavy (non-hydrogen) atoms. The fourth-order valence-corrected chi connectivity index (χ4v) is 1.85. The van der Waals surface area contributed by atoms with Crippen LogP contribution < -0.4 is 10.2 Å². The Balaban J connectivity index is 2.00. The molecule has 5 heteroatoms. The first kappa shape index (κ1) is 14.8. The molecule has 0 aliphatic heterocycles. The summed E-state index contributed by atoms with van der Waals surface area (Å²) in [6.07, 6.45) is 1.53. The van der Waals surface area contributed by atoms with Crippen LogP contribution in [-0.4, -0.2) is 32.2 Å². The molecule has 1 aromatic carbocycles. The van der Waals surface area contributed by atoms with Crippen molar-refractivity contribution in [2.75, 3.05) is 31.4 Å². The molecule has 0 fully saturated rings. The van der Waals surface area contributed by atoms with Crippen LogP contribution >= 0.6 is 0 Å². The highest BCUT2D eigenvalue weighted by Crippen LogP contribution is 2.17. The van der Waals surface area contributed by atoms with E-state index in [0.717, 1.165) is 17.1 Å². The average Bonchev–Trinajstić information content (AvgIpc) is 2.53. The summed E-state index contributed by atoms with van der Waals surface area (Å²) in [5.74, 6) is -0.374. The van der Waals surface area contributed by atoms with E-state index >= 15 is 0 Å². The zero-order chi connectivity index (χ0) is 15.2. The Labute approximate surface area is 124 Å². The number of benzene rings is 1. The van der Waals surface area contributed by atoms with Crippen molar-refractivity contribution in [1.82, 2.24) is 4.98 Å². The summed E-state index contributed by atoms with van der Waals surface area (Å²) in [7, 11) is 5.37. The molecule has 0 unspecified atom stereocenters. The predicted octanol–water partition coefficient (Wildman–Crippen LogP) is 2.55. The monoisotopic (exact) mass is 285 g/mol. The Kier molecular flexibility index (Phi) is 4.77. The van der Waals surface area contributed by atoms with Gasteiger partial charge in [0.15, 0.2) is 0 Å². The fourth-order valence-electron chi connectivity index (χ4n) is 1.85. The number of hydrogen-bond acceptors (Lipinski definition) is 5. The molecule has 0 aliphatic carbocycles. The number of nitrogens with zero attached hydrogens (tertiary/aromatic N) is 2. The highest BCUT2D eigenvalue weighted by molar-refractivity contribution is 5.88. The summed E-state index contributed by atoms with van der Waals surface area (Å²) in [6.45, 7) is 0.596. The number of hydrogen-bond donors (Lipinski definition) is 1. The Hall–Kier alpha value is -2.56. The van der Waals surface area contributed by atoms with Gasteiger partial charge >= 0.3 is 5.97 Å². The maximum atomic E-state index is 11.3. The van der Waals surface area contributed by atoms with Crippen molar-refractivity contribution in [2.45, 2.75) is 6.54 Å². The Morgan fingerprint density at radius 1 is 1.29 bits per heavy atom. The fraction of sp³-hybridized carbons (Fsp3) is 0.250. The maximum absolute atomic E-state index is 11.3. The molecule has 1 N–H and O–H groups in total. The van der Waals surface area contributed by atoms with E-state index in [1.807, 2.05) is 32.3 Å². The van der Waals surface area contributed by atoms with E-state index < -0.39 is 0 Å². The van der Waals surface area contributed by atoms with Gasteiger partial charge in [-0.2, -0.15) is 0 Å². The highest BCUT2D eigenvalue weighted by atomic mass is 16.5. The lowest BCUT2D eigenvalue weighted by atomic mass is 10.2. The molecule has 0 radical (unpaired) electrons. The minimum Gasteiger partial charge on any atom is -0.465 e. The molecule has 2 aromatic rings. The van der Waals surface area contributed by atoms with Crippen molar-refractivity contribution in [3.05, 3.63) is 53.9 Å². The van der Waals surface area contributed by atoms with E-state index in [4.69, 9.17) is 0 Å². The number of carbonyl (C=O) groups excluding carboxylic acids is 1. The zero-order valence-electron chi connectivity index (χ0n) is 12.5. The van der Waals surface area contributed by atoms with E-state index in [9.17, 15) is 4.79 Å². The van der Waals surface area contributed by atoms with Crippen LogP contribution in [0.4, 0.5) is 11.4 Å². The Bertz CT molecular complexity index is 609. The van der Waals surface area contributed by atoms with Crippen molar-refractivity contribution in [1.29, 1.82) is 0 Å². The number of esters is 1. The Morgan fingerprint density at radius 3 is 2.71 bits per heavy atom. The molecular weight excluding hydrogens is 266 g/mol. The predicted molar refractivity (Wildman–Crippen MR) is 83.7 cm³/mol. The molecule has 2 rings (SSSR count). The molecule has 0 saturated carbocycles. The number of rotatable bonds is 5. The van der Waals surface area contributed by atoms with E-state index in [-0.39, 0.29) is 5.97 Å². The van der Waals surface area contributed by atoms with Crippen LogP contribution in [0.15, 0.2) is 42.6 Å². The first-order valence-corrected chi connectivity index (χ1v) is 6.64. The van der Waals surface area contributed by atoms with E-state index in [1.165, 1.54) is 13.3 Å². The molecular formula is C16H19N3O2. The van der Waals surface area contributed by atoms with Gasteiger partial charge in [0, 0.05) is 31.7 Å². The van der Waals surface area contributed by atoms with Crippen LogP contribution in [0.25, 0.3) is 0 Å². The van der Waals surface area contributed by atoms with E-state index in [1.54, 1.807) is 6.07 Å². The molecule has 0 aliphatic rings. The summed E-state index contributed by atoms with van der Waals surface area (Å²) in [5, 5.41) is 3.31.